The van der Waals surface area contributed by atoms with Gasteiger partial charge in [0.2, 0.25) is 0 Å². The summed E-state index contributed by atoms with van der Waals surface area (Å²) in [7, 11) is 1.92. The van der Waals surface area contributed by atoms with E-state index in [4.69, 9.17) is 4.74 Å². The summed E-state index contributed by atoms with van der Waals surface area (Å²) in [6.07, 6.45) is 13.5. The summed E-state index contributed by atoms with van der Waals surface area (Å²) in [6, 6.07) is 0. The van der Waals surface area contributed by atoms with Crippen molar-refractivity contribution in [3.8, 4) is 0 Å². The molecule has 4 rings (SSSR count). The lowest BCUT2D eigenvalue weighted by Gasteiger charge is -2.60. The van der Waals surface area contributed by atoms with Gasteiger partial charge in [0.05, 0.1) is 12.2 Å². The summed E-state index contributed by atoms with van der Waals surface area (Å²) in [5.74, 6) is 4.36. The molecule has 2 nitrogen and oxygen atoms in total. The molecular weight excluding hydrogens is 380 g/mol. The van der Waals surface area contributed by atoms with Crippen LogP contribution in [-0.2, 0) is 4.74 Å². The third-order valence-electron chi connectivity index (χ3n) is 10.9. The Kier molecular flexibility index (Phi) is 6.56. The van der Waals surface area contributed by atoms with Crippen LogP contribution in [0.2, 0.25) is 0 Å². The van der Waals surface area contributed by atoms with Crippen LogP contribution in [0.15, 0.2) is 23.8 Å². The first kappa shape index (κ1) is 23.6. The Morgan fingerprint density at radius 2 is 1.87 bits per heavy atom. The normalized spacial score (nSPS) is 45.5. The van der Waals surface area contributed by atoms with Crippen LogP contribution >= 0.6 is 0 Å². The van der Waals surface area contributed by atoms with Gasteiger partial charge in [-0.3, -0.25) is 0 Å². The molecule has 0 aromatic carbocycles. The van der Waals surface area contributed by atoms with E-state index in [9.17, 15) is 5.11 Å². The van der Waals surface area contributed by atoms with E-state index in [2.05, 4.69) is 47.3 Å². The largest absolute Gasteiger partial charge is 0.393 e. The van der Waals surface area contributed by atoms with Crippen LogP contribution in [0.1, 0.15) is 92.4 Å². The number of aliphatic hydroxyl groups is 1. The highest BCUT2D eigenvalue weighted by Crippen LogP contribution is 2.67. The number of methoxy groups -OCH3 is 1. The average molecular weight is 429 g/mol. The molecule has 31 heavy (non-hydrogen) atoms. The summed E-state index contributed by atoms with van der Waals surface area (Å²) in [5.41, 5.74) is 3.65. The SMILES string of the molecule is C=C(CC[C@@H](C)[C@H]1CC[C@H]2[C@@H]3[C@H](OC)C=C4C[C@@H](O)CC[C@]4(C)[C@H]3CC[C@]12C)C(C)C. The van der Waals surface area contributed by atoms with Crippen molar-refractivity contribution < 1.29 is 9.84 Å². The van der Waals surface area contributed by atoms with Gasteiger partial charge in [0.25, 0.3) is 0 Å². The van der Waals surface area contributed by atoms with Crippen molar-refractivity contribution in [1.82, 2.24) is 0 Å². The summed E-state index contributed by atoms with van der Waals surface area (Å²) < 4.78 is 6.17. The quantitative estimate of drug-likeness (QED) is 0.454. The average Bonchev–Trinajstić information content (AvgIpc) is 3.09. The number of fused-ring (bicyclic) bond motifs is 5. The molecule has 3 saturated carbocycles. The fraction of sp³-hybridized carbons (Fsp3) is 0.862. The molecule has 1 N–H and O–H groups in total. The molecule has 9 atom stereocenters. The topological polar surface area (TPSA) is 29.5 Å². The molecule has 0 radical (unpaired) electrons. The molecule has 0 aliphatic heterocycles. The molecule has 0 bridgehead atoms. The number of aliphatic hydroxyl groups excluding tert-OH is 1. The van der Waals surface area contributed by atoms with E-state index >= 15 is 0 Å². The lowest BCUT2D eigenvalue weighted by Crippen LogP contribution is -2.55. The van der Waals surface area contributed by atoms with E-state index in [1.54, 1.807) is 0 Å². The lowest BCUT2D eigenvalue weighted by molar-refractivity contribution is -0.106. The maximum Gasteiger partial charge on any atom is 0.0788 e. The van der Waals surface area contributed by atoms with Crippen LogP contribution in [0.5, 0.6) is 0 Å². The minimum absolute atomic E-state index is 0.153. The second kappa shape index (κ2) is 8.64. The van der Waals surface area contributed by atoms with Gasteiger partial charge in [-0.1, -0.05) is 58.4 Å². The summed E-state index contributed by atoms with van der Waals surface area (Å²) in [4.78, 5) is 0. The molecule has 0 saturated heterocycles. The second-order valence-corrected chi connectivity index (χ2v) is 12.6. The third kappa shape index (κ3) is 3.88. The molecular formula is C29H48O2. The summed E-state index contributed by atoms with van der Waals surface area (Å²) in [5, 5.41) is 10.3. The molecule has 0 aromatic heterocycles. The van der Waals surface area contributed by atoms with Gasteiger partial charge >= 0.3 is 0 Å². The Bertz CT molecular complexity index is 708. The van der Waals surface area contributed by atoms with Crippen molar-refractivity contribution in [1.29, 1.82) is 0 Å². The van der Waals surface area contributed by atoms with Crippen molar-refractivity contribution in [3.63, 3.8) is 0 Å². The van der Waals surface area contributed by atoms with Crippen molar-refractivity contribution in [2.45, 2.75) is 105 Å². The van der Waals surface area contributed by atoms with Gasteiger partial charge < -0.3 is 9.84 Å². The van der Waals surface area contributed by atoms with Crippen LogP contribution in [0.25, 0.3) is 0 Å². The van der Waals surface area contributed by atoms with Crippen molar-refractivity contribution in [3.05, 3.63) is 23.8 Å². The van der Waals surface area contributed by atoms with E-state index in [0.29, 0.717) is 17.3 Å². The Labute approximate surface area is 191 Å². The third-order valence-corrected chi connectivity index (χ3v) is 10.9. The molecule has 0 heterocycles. The fourth-order valence-electron chi connectivity index (χ4n) is 8.71. The Balaban J connectivity index is 1.56. The number of hydrogen-bond donors (Lipinski definition) is 1. The van der Waals surface area contributed by atoms with Gasteiger partial charge in [-0.2, -0.15) is 0 Å². The number of allylic oxidation sites excluding steroid dienone is 1. The highest BCUT2D eigenvalue weighted by atomic mass is 16.5. The van der Waals surface area contributed by atoms with Crippen LogP contribution in [0.3, 0.4) is 0 Å². The predicted octanol–water partition coefficient (Wildman–Crippen LogP) is 7.18. The number of ether oxygens (including phenoxy) is 1. The minimum atomic E-state index is -0.153. The smallest absolute Gasteiger partial charge is 0.0788 e. The second-order valence-electron chi connectivity index (χ2n) is 12.6. The van der Waals surface area contributed by atoms with Crippen LogP contribution in [-0.4, -0.2) is 24.4 Å². The van der Waals surface area contributed by atoms with E-state index < -0.39 is 0 Å². The van der Waals surface area contributed by atoms with Crippen molar-refractivity contribution in [2.75, 3.05) is 7.11 Å². The van der Waals surface area contributed by atoms with Crippen LogP contribution in [0, 0.1) is 46.3 Å². The fourth-order valence-corrected chi connectivity index (χ4v) is 8.71. The highest BCUT2D eigenvalue weighted by Gasteiger charge is 2.61. The number of rotatable bonds is 6. The first-order valence-corrected chi connectivity index (χ1v) is 13.2. The van der Waals surface area contributed by atoms with E-state index in [-0.39, 0.29) is 17.6 Å². The highest BCUT2D eigenvalue weighted by molar-refractivity contribution is 5.28. The van der Waals surface area contributed by atoms with E-state index in [1.165, 1.54) is 49.7 Å². The Morgan fingerprint density at radius 1 is 1.13 bits per heavy atom. The zero-order chi connectivity index (χ0) is 22.6. The molecule has 3 fully saturated rings. The first-order chi connectivity index (χ1) is 14.6. The standard InChI is InChI=1S/C29H48O2/c1-18(2)19(3)8-9-20(4)23-10-11-24-27-25(13-15-29(23,24)6)28(5)14-12-22(30)16-21(28)17-26(27)31-7/h17-18,20,22-27,30H,3,8-16H2,1-2,4-7H3/t20-,22+,23-,24+,25+,26-,27+,28+,29-/m1/s1. The molecule has 0 amide bonds. The lowest BCUT2D eigenvalue weighted by atomic mass is 9.46. The Morgan fingerprint density at radius 3 is 2.55 bits per heavy atom. The number of hydrogen-bond acceptors (Lipinski definition) is 2. The predicted molar refractivity (Wildman–Crippen MR) is 130 cm³/mol. The van der Waals surface area contributed by atoms with Gasteiger partial charge in [-0.15, -0.1) is 0 Å². The molecule has 4 aliphatic rings. The molecule has 4 aliphatic carbocycles. The monoisotopic (exact) mass is 428 g/mol. The zero-order valence-electron chi connectivity index (χ0n) is 21.1. The zero-order valence-corrected chi connectivity index (χ0v) is 21.1. The van der Waals surface area contributed by atoms with E-state index in [0.717, 1.165) is 42.9 Å². The maximum absolute atomic E-state index is 10.3. The summed E-state index contributed by atoms with van der Waals surface area (Å²) >= 11 is 0. The van der Waals surface area contributed by atoms with Crippen molar-refractivity contribution >= 4 is 0 Å². The first-order valence-electron chi connectivity index (χ1n) is 13.2. The maximum atomic E-state index is 10.3. The van der Waals surface area contributed by atoms with E-state index in [1.807, 2.05) is 7.11 Å². The van der Waals surface area contributed by atoms with Crippen molar-refractivity contribution in [2.24, 2.45) is 46.3 Å². The van der Waals surface area contributed by atoms with Gasteiger partial charge in [0, 0.05) is 7.11 Å². The van der Waals surface area contributed by atoms with Gasteiger partial charge in [0.15, 0.2) is 0 Å². The van der Waals surface area contributed by atoms with Gasteiger partial charge in [0.1, 0.15) is 0 Å². The Hall–Kier alpha value is -0.600. The molecule has 176 valence electrons. The molecule has 2 heteroatoms. The van der Waals surface area contributed by atoms with Gasteiger partial charge in [-0.25, -0.2) is 0 Å². The van der Waals surface area contributed by atoms with Gasteiger partial charge in [-0.05, 0) is 104 Å². The summed E-state index contributed by atoms with van der Waals surface area (Å²) in [6.45, 7) is 16.6. The molecule has 0 spiro atoms. The molecule has 0 unspecified atom stereocenters. The van der Waals surface area contributed by atoms with Crippen LogP contribution in [0.4, 0.5) is 0 Å². The molecule has 0 aromatic rings. The minimum Gasteiger partial charge on any atom is -0.393 e. The van der Waals surface area contributed by atoms with Crippen LogP contribution < -0.4 is 0 Å².